The molecule has 1 aromatic heterocycles. The number of carbonyl (C=O) groups is 1. The maximum absolute atomic E-state index is 12.8. The van der Waals surface area contributed by atoms with Gasteiger partial charge in [-0.15, -0.1) is 17.5 Å². The molecule has 1 atom stereocenters. The summed E-state index contributed by atoms with van der Waals surface area (Å²) >= 11 is 0. The Bertz CT molecular complexity index is 812. The molecule has 2 N–H and O–H groups in total. The summed E-state index contributed by atoms with van der Waals surface area (Å²) < 4.78 is 31.8. The van der Waals surface area contributed by atoms with E-state index in [2.05, 4.69) is 25.7 Å². The second-order valence-electron chi connectivity index (χ2n) is 6.80. The number of nitrogens with zero attached hydrogens (tertiary/aromatic N) is 3. The summed E-state index contributed by atoms with van der Waals surface area (Å²) in [6.45, 7) is 2.57. The van der Waals surface area contributed by atoms with Crippen LogP contribution in [0.25, 0.3) is 0 Å². The van der Waals surface area contributed by atoms with E-state index in [-0.39, 0.29) is 35.8 Å². The van der Waals surface area contributed by atoms with Crippen molar-refractivity contribution in [3.05, 3.63) is 41.2 Å². The SMILES string of the molecule is CCC(NC(=O)c1nnn(C2CCNCC2)c1C)c1ccccc1OC(F)F.Cl. The van der Waals surface area contributed by atoms with E-state index in [4.69, 9.17) is 0 Å². The topological polar surface area (TPSA) is 81.1 Å². The number of hydrogen-bond donors (Lipinski definition) is 2. The molecule has 1 saturated heterocycles. The van der Waals surface area contributed by atoms with E-state index in [0.29, 0.717) is 17.7 Å². The van der Waals surface area contributed by atoms with E-state index in [0.717, 1.165) is 25.9 Å². The minimum absolute atomic E-state index is 0. The summed E-state index contributed by atoms with van der Waals surface area (Å²) in [5.41, 5.74) is 1.46. The zero-order chi connectivity index (χ0) is 20.1. The van der Waals surface area contributed by atoms with E-state index in [1.54, 1.807) is 18.2 Å². The molecule has 1 aliphatic rings. The van der Waals surface area contributed by atoms with E-state index >= 15 is 0 Å². The zero-order valence-electron chi connectivity index (χ0n) is 16.4. The van der Waals surface area contributed by atoms with Gasteiger partial charge in [0.1, 0.15) is 5.75 Å². The highest BCUT2D eigenvalue weighted by Crippen LogP contribution is 2.29. The third-order valence-corrected chi connectivity index (χ3v) is 5.02. The fraction of sp³-hybridized carbons (Fsp3) is 0.526. The molecule has 0 spiro atoms. The van der Waals surface area contributed by atoms with Crippen LogP contribution < -0.4 is 15.4 Å². The normalized spacial score (nSPS) is 15.6. The average molecular weight is 430 g/mol. The molecule has 2 heterocycles. The van der Waals surface area contributed by atoms with Gasteiger partial charge < -0.3 is 15.4 Å². The number of benzene rings is 1. The van der Waals surface area contributed by atoms with Gasteiger partial charge >= 0.3 is 6.61 Å². The molecular weight excluding hydrogens is 404 g/mol. The Labute approximate surface area is 174 Å². The highest BCUT2D eigenvalue weighted by Gasteiger charge is 2.25. The molecule has 3 rings (SSSR count). The molecule has 29 heavy (non-hydrogen) atoms. The Morgan fingerprint density at radius 1 is 1.34 bits per heavy atom. The van der Waals surface area contributed by atoms with Crippen molar-refractivity contribution in [1.82, 2.24) is 25.6 Å². The first-order valence-corrected chi connectivity index (χ1v) is 9.48. The molecule has 0 saturated carbocycles. The van der Waals surface area contributed by atoms with Crippen molar-refractivity contribution >= 4 is 18.3 Å². The number of nitrogens with one attached hydrogen (secondary N) is 2. The second-order valence-corrected chi connectivity index (χ2v) is 6.80. The number of halogens is 3. The molecule has 1 fully saturated rings. The summed E-state index contributed by atoms with van der Waals surface area (Å²) in [7, 11) is 0. The number of rotatable bonds is 7. The fourth-order valence-corrected chi connectivity index (χ4v) is 3.55. The number of hydrogen-bond acceptors (Lipinski definition) is 5. The average Bonchev–Trinajstić information content (AvgIpc) is 3.08. The van der Waals surface area contributed by atoms with Crippen LogP contribution in [0, 0.1) is 6.92 Å². The van der Waals surface area contributed by atoms with Gasteiger partial charge in [-0.05, 0) is 45.3 Å². The van der Waals surface area contributed by atoms with Crippen molar-refractivity contribution in [2.24, 2.45) is 0 Å². The number of alkyl halides is 2. The number of ether oxygens (including phenoxy) is 1. The van der Waals surface area contributed by atoms with Crippen LogP contribution in [0.5, 0.6) is 5.75 Å². The van der Waals surface area contributed by atoms with Gasteiger partial charge in [-0.2, -0.15) is 8.78 Å². The summed E-state index contributed by atoms with van der Waals surface area (Å²) in [6, 6.07) is 6.22. The smallest absolute Gasteiger partial charge is 0.387 e. The number of carbonyl (C=O) groups excluding carboxylic acids is 1. The monoisotopic (exact) mass is 429 g/mol. The van der Waals surface area contributed by atoms with Crippen LogP contribution in [0.1, 0.15) is 60.0 Å². The molecule has 160 valence electrons. The van der Waals surface area contributed by atoms with Gasteiger partial charge in [0.25, 0.3) is 5.91 Å². The molecule has 7 nitrogen and oxygen atoms in total. The zero-order valence-corrected chi connectivity index (χ0v) is 17.2. The predicted molar refractivity (Wildman–Crippen MR) is 107 cm³/mol. The molecule has 2 aromatic rings. The van der Waals surface area contributed by atoms with Crippen molar-refractivity contribution in [2.45, 2.75) is 51.8 Å². The molecule has 1 aromatic carbocycles. The number of aromatic nitrogens is 3. The first kappa shape index (κ1) is 23.0. The molecule has 0 radical (unpaired) electrons. The first-order chi connectivity index (χ1) is 13.5. The molecule has 1 unspecified atom stereocenters. The lowest BCUT2D eigenvalue weighted by Crippen LogP contribution is -2.31. The highest BCUT2D eigenvalue weighted by atomic mass is 35.5. The standard InChI is InChI=1S/C19H25F2N5O2.ClH/c1-3-15(14-6-4-5-7-16(14)28-19(20)21)23-18(27)17-12(2)26(25-24-17)13-8-10-22-11-9-13;/h4-7,13,15,19,22H,3,8-11H2,1-2H3,(H,23,27);1H. The van der Waals surface area contributed by atoms with Gasteiger partial charge in [0.15, 0.2) is 5.69 Å². The lowest BCUT2D eigenvalue weighted by Gasteiger charge is -2.23. The maximum Gasteiger partial charge on any atom is 0.387 e. The van der Waals surface area contributed by atoms with E-state index in [9.17, 15) is 13.6 Å². The van der Waals surface area contributed by atoms with Gasteiger partial charge in [-0.3, -0.25) is 4.79 Å². The Morgan fingerprint density at radius 3 is 2.69 bits per heavy atom. The summed E-state index contributed by atoms with van der Waals surface area (Å²) in [5.74, 6) is -0.323. The largest absolute Gasteiger partial charge is 0.434 e. The summed E-state index contributed by atoms with van der Waals surface area (Å²) in [5, 5.41) is 14.4. The second kappa shape index (κ2) is 10.5. The Balaban J connectivity index is 0.00000300. The minimum Gasteiger partial charge on any atom is -0.434 e. The van der Waals surface area contributed by atoms with Crippen molar-refractivity contribution in [3.8, 4) is 5.75 Å². The van der Waals surface area contributed by atoms with Crippen molar-refractivity contribution < 1.29 is 18.3 Å². The van der Waals surface area contributed by atoms with Crippen LogP contribution in [-0.2, 0) is 0 Å². The number of piperidine rings is 1. The summed E-state index contributed by atoms with van der Waals surface area (Å²) in [4.78, 5) is 12.8. The third kappa shape index (κ3) is 5.42. The lowest BCUT2D eigenvalue weighted by atomic mass is 10.0. The Morgan fingerprint density at radius 2 is 2.03 bits per heavy atom. The molecular formula is C19H26ClF2N5O2. The third-order valence-electron chi connectivity index (χ3n) is 5.02. The van der Waals surface area contributed by atoms with Crippen molar-refractivity contribution in [1.29, 1.82) is 0 Å². The van der Waals surface area contributed by atoms with Gasteiger partial charge in [0, 0.05) is 5.56 Å². The van der Waals surface area contributed by atoms with Gasteiger partial charge in [0.05, 0.1) is 17.8 Å². The molecule has 0 aliphatic carbocycles. The number of para-hydroxylation sites is 1. The molecule has 10 heteroatoms. The van der Waals surface area contributed by atoms with Crippen molar-refractivity contribution in [2.75, 3.05) is 13.1 Å². The number of amides is 1. The lowest BCUT2D eigenvalue weighted by molar-refractivity contribution is -0.0506. The highest BCUT2D eigenvalue weighted by molar-refractivity contribution is 5.93. The first-order valence-electron chi connectivity index (χ1n) is 9.48. The molecule has 1 aliphatic heterocycles. The Kier molecular flexibility index (Phi) is 8.33. The van der Waals surface area contributed by atoms with Crippen LogP contribution >= 0.6 is 12.4 Å². The van der Waals surface area contributed by atoms with Gasteiger partial charge in [-0.25, -0.2) is 4.68 Å². The van der Waals surface area contributed by atoms with Crippen LogP contribution in [0.4, 0.5) is 8.78 Å². The predicted octanol–water partition coefficient (Wildman–Crippen LogP) is 3.42. The minimum atomic E-state index is -2.93. The van der Waals surface area contributed by atoms with Crippen LogP contribution in [0.15, 0.2) is 24.3 Å². The maximum atomic E-state index is 12.8. The fourth-order valence-electron chi connectivity index (χ4n) is 3.55. The van der Waals surface area contributed by atoms with E-state index in [1.165, 1.54) is 6.07 Å². The van der Waals surface area contributed by atoms with Crippen LogP contribution in [0.2, 0.25) is 0 Å². The van der Waals surface area contributed by atoms with Crippen molar-refractivity contribution in [3.63, 3.8) is 0 Å². The Hall–Kier alpha value is -2.26. The van der Waals surface area contributed by atoms with Gasteiger partial charge in [-0.1, -0.05) is 30.3 Å². The quantitative estimate of drug-likeness (QED) is 0.704. The van der Waals surface area contributed by atoms with Crippen LogP contribution in [0.3, 0.4) is 0 Å². The van der Waals surface area contributed by atoms with E-state index in [1.807, 2.05) is 18.5 Å². The molecule has 0 bridgehead atoms. The van der Waals surface area contributed by atoms with Crippen LogP contribution in [-0.4, -0.2) is 40.6 Å². The summed E-state index contributed by atoms with van der Waals surface area (Å²) in [6.07, 6.45) is 2.37. The molecule has 1 amide bonds. The van der Waals surface area contributed by atoms with Gasteiger partial charge in [0.2, 0.25) is 0 Å². The van der Waals surface area contributed by atoms with E-state index < -0.39 is 12.7 Å².